The minimum atomic E-state index is -0.335. The number of nitrogens with zero attached hydrogens (tertiary/aromatic N) is 2. The molecule has 6 heteroatoms. The Morgan fingerprint density at radius 3 is 3.00 bits per heavy atom. The van der Waals surface area contributed by atoms with Crippen molar-refractivity contribution in [3.05, 3.63) is 47.0 Å². The van der Waals surface area contributed by atoms with Gasteiger partial charge in [0.15, 0.2) is 0 Å². The highest BCUT2D eigenvalue weighted by Crippen LogP contribution is 2.16. The number of aromatic nitrogens is 2. The third-order valence-corrected chi connectivity index (χ3v) is 2.70. The van der Waals surface area contributed by atoms with Crippen LogP contribution in [0.1, 0.15) is 5.56 Å². The molecular weight excluding hydrogens is 257 g/mol. The van der Waals surface area contributed by atoms with Crippen LogP contribution in [0.2, 0.25) is 5.02 Å². The van der Waals surface area contributed by atoms with Gasteiger partial charge in [0.2, 0.25) is 0 Å². The van der Waals surface area contributed by atoms with E-state index >= 15 is 0 Å². The zero-order valence-corrected chi connectivity index (χ0v) is 10.4. The summed E-state index contributed by atoms with van der Waals surface area (Å²) in [5.74, 6) is -0.335. The summed E-state index contributed by atoms with van der Waals surface area (Å²) in [6.45, 7) is 0.831. The minimum Gasteiger partial charge on any atom is -0.394 e. The summed E-state index contributed by atoms with van der Waals surface area (Å²) in [5, 5.41) is 16.2. The van der Waals surface area contributed by atoms with Gasteiger partial charge in [0.25, 0.3) is 0 Å². The molecule has 0 unspecified atom stereocenters. The normalized spacial score (nSPS) is 10.6. The number of aliphatic hydroxyl groups is 1. The van der Waals surface area contributed by atoms with Crippen LogP contribution in [0.4, 0.5) is 10.1 Å². The van der Waals surface area contributed by atoms with Crippen LogP contribution in [0.5, 0.6) is 0 Å². The van der Waals surface area contributed by atoms with Crippen LogP contribution >= 0.6 is 11.6 Å². The first-order valence-corrected chi connectivity index (χ1v) is 5.88. The third kappa shape index (κ3) is 3.21. The van der Waals surface area contributed by atoms with E-state index in [0.29, 0.717) is 23.7 Å². The largest absolute Gasteiger partial charge is 0.394 e. The fourth-order valence-corrected chi connectivity index (χ4v) is 1.70. The zero-order valence-electron chi connectivity index (χ0n) is 9.61. The molecule has 0 saturated carbocycles. The molecule has 0 aliphatic heterocycles. The van der Waals surface area contributed by atoms with Crippen molar-refractivity contribution in [2.24, 2.45) is 0 Å². The summed E-state index contributed by atoms with van der Waals surface area (Å²) >= 11 is 5.67. The van der Waals surface area contributed by atoms with Crippen molar-refractivity contribution in [1.82, 2.24) is 9.78 Å². The molecule has 0 atom stereocenters. The molecule has 0 aliphatic rings. The van der Waals surface area contributed by atoms with Crippen molar-refractivity contribution in [2.45, 2.75) is 13.1 Å². The Labute approximate surface area is 109 Å². The Morgan fingerprint density at radius 2 is 2.28 bits per heavy atom. The molecule has 2 aromatic rings. The lowest BCUT2D eigenvalue weighted by Crippen LogP contribution is -2.03. The van der Waals surface area contributed by atoms with Gasteiger partial charge in [-0.2, -0.15) is 5.10 Å². The van der Waals surface area contributed by atoms with E-state index in [1.54, 1.807) is 29.2 Å². The lowest BCUT2D eigenvalue weighted by Gasteiger charge is -2.05. The first-order chi connectivity index (χ1) is 8.69. The van der Waals surface area contributed by atoms with Gasteiger partial charge in [-0.25, -0.2) is 4.39 Å². The summed E-state index contributed by atoms with van der Waals surface area (Å²) in [7, 11) is 0. The van der Waals surface area contributed by atoms with Gasteiger partial charge in [0.05, 0.1) is 25.0 Å². The molecule has 0 radical (unpaired) electrons. The fraction of sp³-hybridized carbons (Fsp3) is 0.250. The van der Waals surface area contributed by atoms with Gasteiger partial charge in [-0.05, 0) is 12.1 Å². The van der Waals surface area contributed by atoms with E-state index in [4.69, 9.17) is 16.7 Å². The van der Waals surface area contributed by atoms with Crippen molar-refractivity contribution in [2.75, 3.05) is 11.9 Å². The molecule has 4 nitrogen and oxygen atoms in total. The molecule has 0 bridgehead atoms. The predicted octanol–water partition coefficient (Wildman–Crippen LogP) is 2.28. The second-order valence-corrected chi connectivity index (χ2v) is 4.24. The summed E-state index contributed by atoms with van der Waals surface area (Å²) in [4.78, 5) is 0. The lowest BCUT2D eigenvalue weighted by molar-refractivity contribution is 0.269. The van der Waals surface area contributed by atoms with Crippen LogP contribution in [0.15, 0.2) is 30.6 Å². The topological polar surface area (TPSA) is 50.1 Å². The number of nitrogens with one attached hydrogen (secondary N) is 1. The Hall–Kier alpha value is -1.59. The van der Waals surface area contributed by atoms with Crippen molar-refractivity contribution in [1.29, 1.82) is 0 Å². The van der Waals surface area contributed by atoms with Crippen molar-refractivity contribution >= 4 is 17.3 Å². The average Bonchev–Trinajstić information content (AvgIpc) is 2.76. The van der Waals surface area contributed by atoms with E-state index in [9.17, 15) is 4.39 Å². The summed E-state index contributed by atoms with van der Waals surface area (Å²) < 4.78 is 15.1. The number of halogens is 2. The Morgan fingerprint density at radius 1 is 1.44 bits per heavy atom. The van der Waals surface area contributed by atoms with Gasteiger partial charge in [0.1, 0.15) is 5.82 Å². The SMILES string of the molecule is OCCn1cc(NCc2ccc(Cl)cc2F)cn1. The second kappa shape index (κ2) is 5.84. The van der Waals surface area contributed by atoms with Gasteiger partial charge in [-0.1, -0.05) is 17.7 Å². The summed E-state index contributed by atoms with van der Waals surface area (Å²) in [6.07, 6.45) is 3.38. The number of benzene rings is 1. The average molecular weight is 270 g/mol. The first-order valence-electron chi connectivity index (χ1n) is 5.50. The van der Waals surface area contributed by atoms with E-state index in [1.165, 1.54) is 6.07 Å². The molecule has 0 spiro atoms. The molecular formula is C12H13ClFN3O. The zero-order chi connectivity index (χ0) is 13.0. The van der Waals surface area contributed by atoms with Gasteiger partial charge in [0, 0.05) is 23.3 Å². The molecule has 1 aromatic carbocycles. The summed E-state index contributed by atoms with van der Waals surface area (Å²) in [5.41, 5.74) is 1.31. The summed E-state index contributed by atoms with van der Waals surface area (Å²) in [6, 6.07) is 4.58. The molecule has 1 heterocycles. The predicted molar refractivity (Wildman–Crippen MR) is 68.0 cm³/mol. The maximum atomic E-state index is 13.5. The van der Waals surface area contributed by atoms with Crippen LogP contribution in [-0.4, -0.2) is 21.5 Å². The Kier molecular flexibility index (Phi) is 4.17. The maximum Gasteiger partial charge on any atom is 0.129 e. The molecule has 18 heavy (non-hydrogen) atoms. The van der Waals surface area contributed by atoms with E-state index < -0.39 is 0 Å². The number of hydrogen-bond acceptors (Lipinski definition) is 3. The lowest BCUT2D eigenvalue weighted by atomic mass is 10.2. The first kappa shape index (κ1) is 12.9. The fourth-order valence-electron chi connectivity index (χ4n) is 1.54. The third-order valence-electron chi connectivity index (χ3n) is 2.46. The molecule has 0 saturated heterocycles. The highest BCUT2D eigenvalue weighted by molar-refractivity contribution is 6.30. The molecule has 0 amide bonds. The van der Waals surface area contributed by atoms with Crippen LogP contribution in [0.25, 0.3) is 0 Å². The van der Waals surface area contributed by atoms with E-state index in [1.807, 2.05) is 0 Å². The van der Waals surface area contributed by atoms with Gasteiger partial charge in [-0.15, -0.1) is 0 Å². The minimum absolute atomic E-state index is 0.0347. The Balaban J connectivity index is 1.97. The highest BCUT2D eigenvalue weighted by Gasteiger charge is 2.03. The van der Waals surface area contributed by atoms with Crippen LogP contribution in [-0.2, 0) is 13.1 Å². The highest BCUT2D eigenvalue weighted by atomic mass is 35.5. The van der Waals surface area contributed by atoms with Gasteiger partial charge in [-0.3, -0.25) is 4.68 Å². The number of aliphatic hydroxyl groups excluding tert-OH is 1. The smallest absolute Gasteiger partial charge is 0.129 e. The Bertz CT molecular complexity index is 530. The molecule has 2 rings (SSSR count). The van der Waals surface area contributed by atoms with E-state index in [-0.39, 0.29) is 12.4 Å². The van der Waals surface area contributed by atoms with Gasteiger partial charge < -0.3 is 10.4 Å². The second-order valence-electron chi connectivity index (χ2n) is 3.80. The molecule has 96 valence electrons. The standard InChI is InChI=1S/C12H13ClFN3O/c13-10-2-1-9(12(14)5-10)6-15-11-7-16-17(8-11)3-4-18/h1-2,5,7-8,15,18H,3-4,6H2. The van der Waals surface area contributed by atoms with Crippen molar-refractivity contribution < 1.29 is 9.50 Å². The van der Waals surface area contributed by atoms with Gasteiger partial charge >= 0.3 is 0 Å². The monoisotopic (exact) mass is 269 g/mol. The van der Waals surface area contributed by atoms with Crippen molar-refractivity contribution in [3.63, 3.8) is 0 Å². The number of rotatable bonds is 5. The van der Waals surface area contributed by atoms with E-state index in [2.05, 4.69) is 10.4 Å². The molecule has 2 N–H and O–H groups in total. The van der Waals surface area contributed by atoms with Crippen LogP contribution in [0, 0.1) is 5.82 Å². The molecule has 0 aliphatic carbocycles. The quantitative estimate of drug-likeness (QED) is 0.876. The van der Waals surface area contributed by atoms with Crippen LogP contribution < -0.4 is 5.32 Å². The molecule has 0 fully saturated rings. The maximum absolute atomic E-state index is 13.5. The van der Waals surface area contributed by atoms with Crippen molar-refractivity contribution in [3.8, 4) is 0 Å². The number of hydrogen-bond donors (Lipinski definition) is 2. The van der Waals surface area contributed by atoms with E-state index in [0.717, 1.165) is 5.69 Å². The number of anilines is 1. The molecule has 1 aromatic heterocycles. The van der Waals surface area contributed by atoms with Crippen LogP contribution in [0.3, 0.4) is 0 Å².